The summed E-state index contributed by atoms with van der Waals surface area (Å²) in [7, 11) is 3.52. The Morgan fingerprint density at radius 1 is 1.11 bits per heavy atom. The molecule has 3 aromatic heterocycles. The van der Waals surface area contributed by atoms with Gasteiger partial charge in [0.2, 0.25) is 0 Å². The number of hydrogen-bond donors (Lipinski definition) is 1. The molecular formula is C20H19N5OS. The largest absolute Gasteiger partial charge is 0.467 e. The number of nitrogens with zero attached hydrogens (tertiary/aromatic N) is 4. The van der Waals surface area contributed by atoms with Gasteiger partial charge in [0.1, 0.15) is 0 Å². The molecule has 3 heterocycles. The van der Waals surface area contributed by atoms with Crippen molar-refractivity contribution >= 4 is 22.9 Å². The maximum absolute atomic E-state index is 5.05. The Balaban J connectivity index is 1.78. The van der Waals surface area contributed by atoms with Crippen LogP contribution in [0, 0.1) is 0 Å². The number of benzene rings is 1. The first-order valence-corrected chi connectivity index (χ1v) is 9.29. The lowest BCUT2D eigenvalue weighted by Gasteiger charge is -2.06. The summed E-state index contributed by atoms with van der Waals surface area (Å²) in [5.41, 5.74) is 4.41. The molecule has 0 spiro atoms. The van der Waals surface area contributed by atoms with Crippen molar-refractivity contribution in [3.63, 3.8) is 0 Å². The maximum Gasteiger partial charge on any atom is 0.316 e. The van der Waals surface area contributed by atoms with E-state index in [-0.39, 0.29) is 0 Å². The number of aromatic nitrogens is 4. The molecular weight excluding hydrogens is 358 g/mol. The summed E-state index contributed by atoms with van der Waals surface area (Å²) in [5, 5.41) is 4.46. The van der Waals surface area contributed by atoms with Crippen LogP contribution in [0.5, 0.6) is 6.01 Å². The smallest absolute Gasteiger partial charge is 0.316 e. The summed E-state index contributed by atoms with van der Waals surface area (Å²) in [6.07, 6.45) is 9.39. The highest BCUT2D eigenvalue weighted by Crippen LogP contribution is 2.32. The molecule has 7 heteroatoms. The highest BCUT2D eigenvalue weighted by molar-refractivity contribution is 7.98. The fraction of sp³-hybridized carbons (Fsp3) is 0.150. The van der Waals surface area contributed by atoms with Crippen LogP contribution in [-0.2, 0) is 6.54 Å². The molecule has 0 aliphatic heterocycles. The first kappa shape index (κ1) is 17.5. The Morgan fingerprint density at radius 3 is 2.67 bits per heavy atom. The minimum atomic E-state index is 0.367. The molecule has 4 aromatic rings. The van der Waals surface area contributed by atoms with Gasteiger partial charge in [0.05, 0.1) is 12.6 Å². The zero-order valence-electron chi connectivity index (χ0n) is 15.1. The molecule has 0 fully saturated rings. The van der Waals surface area contributed by atoms with Crippen LogP contribution >= 0.6 is 11.9 Å². The van der Waals surface area contributed by atoms with Crippen LogP contribution < -0.4 is 10.1 Å². The van der Waals surface area contributed by atoms with Crippen molar-refractivity contribution in [1.82, 2.24) is 24.2 Å². The molecule has 0 aliphatic carbocycles. The molecule has 0 aliphatic rings. The molecule has 1 N–H and O–H groups in total. The van der Waals surface area contributed by atoms with Gasteiger partial charge in [-0.3, -0.25) is 8.96 Å². The van der Waals surface area contributed by atoms with Crippen LogP contribution in [0.2, 0.25) is 0 Å². The van der Waals surface area contributed by atoms with Crippen molar-refractivity contribution in [2.75, 3.05) is 14.2 Å². The van der Waals surface area contributed by atoms with Gasteiger partial charge >= 0.3 is 6.01 Å². The summed E-state index contributed by atoms with van der Waals surface area (Å²) < 4.78 is 7.24. The zero-order chi connectivity index (χ0) is 18.6. The number of hydrogen-bond acceptors (Lipinski definition) is 6. The molecule has 0 bridgehead atoms. The average molecular weight is 377 g/mol. The third kappa shape index (κ3) is 3.65. The Labute approximate surface area is 161 Å². The molecule has 136 valence electrons. The van der Waals surface area contributed by atoms with E-state index in [1.54, 1.807) is 37.6 Å². The van der Waals surface area contributed by atoms with Crippen molar-refractivity contribution in [2.45, 2.75) is 11.4 Å². The van der Waals surface area contributed by atoms with Gasteiger partial charge in [0.15, 0.2) is 0 Å². The first-order valence-electron chi connectivity index (χ1n) is 8.52. The topological polar surface area (TPSA) is 64.9 Å². The van der Waals surface area contributed by atoms with Gasteiger partial charge in [-0.05, 0) is 48.3 Å². The van der Waals surface area contributed by atoms with E-state index in [9.17, 15) is 0 Å². The summed E-state index contributed by atoms with van der Waals surface area (Å²) in [5.74, 6) is 0. The van der Waals surface area contributed by atoms with Gasteiger partial charge < -0.3 is 10.1 Å². The highest BCUT2D eigenvalue weighted by atomic mass is 32.2. The number of ether oxygens (including phenoxy) is 1. The lowest BCUT2D eigenvalue weighted by atomic mass is 10.1. The number of pyridine rings is 1. The second-order valence-electron chi connectivity index (χ2n) is 5.98. The lowest BCUT2D eigenvalue weighted by molar-refractivity contribution is 0.380. The lowest BCUT2D eigenvalue weighted by Crippen LogP contribution is -2.04. The highest BCUT2D eigenvalue weighted by Gasteiger charge is 2.11. The average Bonchev–Trinajstić information content (AvgIpc) is 3.06. The van der Waals surface area contributed by atoms with E-state index in [0.29, 0.717) is 6.01 Å². The third-order valence-electron chi connectivity index (χ3n) is 4.20. The Kier molecular flexibility index (Phi) is 5.04. The predicted molar refractivity (Wildman–Crippen MR) is 108 cm³/mol. The summed E-state index contributed by atoms with van der Waals surface area (Å²) >= 11 is 1.65. The quantitative estimate of drug-likeness (QED) is 0.552. The van der Waals surface area contributed by atoms with E-state index >= 15 is 0 Å². The molecule has 0 amide bonds. The molecule has 0 radical (unpaired) electrons. The van der Waals surface area contributed by atoms with Gasteiger partial charge in [-0.15, -0.1) is 0 Å². The van der Waals surface area contributed by atoms with Gasteiger partial charge in [0.25, 0.3) is 0 Å². The summed E-state index contributed by atoms with van der Waals surface area (Å²) in [4.78, 5) is 13.7. The fourth-order valence-electron chi connectivity index (χ4n) is 2.94. The maximum atomic E-state index is 5.05. The third-order valence-corrected chi connectivity index (χ3v) is 5.15. The predicted octanol–water partition coefficient (Wildman–Crippen LogP) is 3.78. The van der Waals surface area contributed by atoms with Gasteiger partial charge in [-0.25, -0.2) is 9.97 Å². The van der Waals surface area contributed by atoms with Crippen LogP contribution in [0.3, 0.4) is 0 Å². The van der Waals surface area contributed by atoms with Crippen LogP contribution in [0.25, 0.3) is 22.0 Å². The second kappa shape index (κ2) is 7.77. The minimum Gasteiger partial charge on any atom is -0.467 e. The molecule has 0 unspecified atom stereocenters. The Hall–Kier alpha value is -2.90. The molecule has 0 saturated heterocycles. The summed E-state index contributed by atoms with van der Waals surface area (Å²) in [6.45, 7) is 0.808. The second-order valence-corrected chi connectivity index (χ2v) is 7.03. The number of nitrogens with one attached hydrogen (secondary N) is 1. The number of methoxy groups -OCH3 is 1. The van der Waals surface area contributed by atoms with E-state index in [1.165, 1.54) is 10.9 Å². The van der Waals surface area contributed by atoms with Crippen LogP contribution in [-0.4, -0.2) is 33.1 Å². The number of fused-ring (bicyclic) bond motifs is 1. The van der Waals surface area contributed by atoms with Crippen molar-refractivity contribution in [1.29, 1.82) is 0 Å². The van der Waals surface area contributed by atoms with Crippen molar-refractivity contribution < 1.29 is 4.74 Å². The molecule has 6 nitrogen and oxygen atoms in total. The molecule has 0 atom stereocenters. The molecule has 27 heavy (non-hydrogen) atoms. The molecule has 1 aromatic carbocycles. The standard InChI is InChI=1S/C20H19N5OS/c1-21-9-16-13-25(27-17-4-3-7-22-12-17)19-8-14(5-6-18(16)19)15-10-23-20(26-2)24-11-15/h3-8,10-13,21H,9H2,1-2H3. The van der Waals surface area contributed by atoms with Gasteiger partial charge in [0, 0.05) is 53.4 Å². The first-order chi connectivity index (χ1) is 13.3. The van der Waals surface area contributed by atoms with Gasteiger partial charge in [-0.1, -0.05) is 12.1 Å². The van der Waals surface area contributed by atoms with E-state index in [2.05, 4.69) is 54.7 Å². The molecule has 0 saturated carbocycles. The van der Waals surface area contributed by atoms with E-state index in [0.717, 1.165) is 28.1 Å². The van der Waals surface area contributed by atoms with E-state index < -0.39 is 0 Å². The minimum absolute atomic E-state index is 0.367. The van der Waals surface area contributed by atoms with Crippen molar-refractivity contribution in [2.24, 2.45) is 0 Å². The summed E-state index contributed by atoms with van der Waals surface area (Å²) in [6, 6.07) is 10.8. The van der Waals surface area contributed by atoms with Gasteiger partial charge in [-0.2, -0.15) is 0 Å². The molecule has 4 rings (SSSR count). The van der Waals surface area contributed by atoms with Crippen molar-refractivity contribution in [3.05, 3.63) is 66.9 Å². The Bertz CT molecular complexity index is 1050. The SMILES string of the molecule is CNCc1cn(Sc2cccnc2)c2cc(-c3cnc(OC)nc3)ccc12. The zero-order valence-corrected chi connectivity index (χ0v) is 15.9. The van der Waals surface area contributed by atoms with Crippen LogP contribution in [0.4, 0.5) is 0 Å². The Morgan fingerprint density at radius 2 is 1.96 bits per heavy atom. The normalized spacial score (nSPS) is 11.0. The fourth-order valence-corrected chi connectivity index (χ4v) is 3.84. The van der Waals surface area contributed by atoms with Crippen LogP contribution in [0.1, 0.15) is 5.56 Å². The van der Waals surface area contributed by atoms with E-state index in [1.807, 2.05) is 19.3 Å². The van der Waals surface area contributed by atoms with Crippen molar-refractivity contribution in [3.8, 4) is 17.1 Å². The monoisotopic (exact) mass is 377 g/mol. The van der Waals surface area contributed by atoms with Crippen LogP contribution in [0.15, 0.2) is 66.2 Å². The number of rotatable bonds is 6. The van der Waals surface area contributed by atoms with E-state index in [4.69, 9.17) is 4.74 Å².